The molecule has 6 nitrogen and oxygen atoms in total. The molecule has 2 aromatic carbocycles. The zero-order chi connectivity index (χ0) is 21.8. The summed E-state index contributed by atoms with van der Waals surface area (Å²) >= 11 is 0. The predicted octanol–water partition coefficient (Wildman–Crippen LogP) is 4.05. The molecule has 0 fully saturated rings. The van der Waals surface area contributed by atoms with Crippen molar-refractivity contribution in [2.45, 2.75) is 20.8 Å². The summed E-state index contributed by atoms with van der Waals surface area (Å²) in [5.74, 6) is -1.30. The van der Waals surface area contributed by atoms with Gasteiger partial charge in [0.05, 0.1) is 30.4 Å². The van der Waals surface area contributed by atoms with Gasteiger partial charge >= 0.3 is 11.9 Å². The Labute approximate surface area is 175 Å². The number of methoxy groups -OCH3 is 1. The molecule has 0 bridgehead atoms. The Kier molecular flexibility index (Phi) is 6.16. The van der Waals surface area contributed by atoms with E-state index in [0.29, 0.717) is 22.5 Å². The molecule has 0 aromatic heterocycles. The third kappa shape index (κ3) is 4.03. The maximum atomic E-state index is 13.3. The SMILES string of the molecule is CCOC(=O)C1=C(C)N(c2ccc(C)cc2)C(=O)C1=Cc1ccc(C(=O)OC)cc1. The first-order valence-electron chi connectivity index (χ1n) is 9.57. The van der Waals surface area contributed by atoms with Crippen molar-refractivity contribution in [2.24, 2.45) is 0 Å². The number of aryl methyl sites for hydroxylation is 1. The van der Waals surface area contributed by atoms with E-state index in [1.54, 1.807) is 44.2 Å². The Morgan fingerprint density at radius 1 is 0.967 bits per heavy atom. The molecule has 0 spiro atoms. The van der Waals surface area contributed by atoms with Crippen LogP contribution in [0.25, 0.3) is 6.08 Å². The maximum Gasteiger partial charge on any atom is 0.340 e. The van der Waals surface area contributed by atoms with Crippen LogP contribution in [0.2, 0.25) is 0 Å². The summed E-state index contributed by atoms with van der Waals surface area (Å²) in [5, 5.41) is 0. The van der Waals surface area contributed by atoms with Crippen LogP contribution in [-0.2, 0) is 19.1 Å². The summed E-state index contributed by atoms with van der Waals surface area (Å²) < 4.78 is 9.91. The Morgan fingerprint density at radius 3 is 2.17 bits per heavy atom. The zero-order valence-corrected chi connectivity index (χ0v) is 17.4. The van der Waals surface area contributed by atoms with Crippen LogP contribution < -0.4 is 4.90 Å². The highest BCUT2D eigenvalue weighted by molar-refractivity contribution is 6.23. The summed E-state index contributed by atoms with van der Waals surface area (Å²) in [6, 6.07) is 14.1. The minimum atomic E-state index is -0.546. The number of carbonyl (C=O) groups excluding carboxylic acids is 3. The number of benzene rings is 2. The van der Waals surface area contributed by atoms with Gasteiger partial charge in [-0.25, -0.2) is 9.59 Å². The molecule has 0 N–H and O–H groups in total. The molecule has 1 aliphatic rings. The second-order valence-corrected chi connectivity index (χ2v) is 6.83. The highest BCUT2D eigenvalue weighted by Gasteiger charge is 2.38. The molecule has 1 heterocycles. The van der Waals surface area contributed by atoms with E-state index in [1.807, 2.05) is 31.2 Å². The van der Waals surface area contributed by atoms with Crippen molar-refractivity contribution < 1.29 is 23.9 Å². The number of esters is 2. The minimum absolute atomic E-state index is 0.204. The molecule has 1 amide bonds. The van der Waals surface area contributed by atoms with Crippen LogP contribution in [-0.4, -0.2) is 31.6 Å². The van der Waals surface area contributed by atoms with Gasteiger partial charge in [-0.15, -0.1) is 0 Å². The van der Waals surface area contributed by atoms with Crippen LogP contribution in [0.4, 0.5) is 5.69 Å². The first kappa shape index (κ1) is 21.0. The average Bonchev–Trinajstić information content (AvgIpc) is 2.98. The van der Waals surface area contributed by atoms with Gasteiger partial charge in [-0.3, -0.25) is 9.69 Å². The standard InChI is InChI=1S/C24H23NO5/c1-5-30-24(28)21-16(3)25(19-12-6-15(2)7-13-19)22(26)20(21)14-17-8-10-18(11-9-17)23(27)29-4/h6-14H,5H2,1-4H3. The normalized spacial score (nSPS) is 15.0. The molecule has 3 rings (SSSR count). The van der Waals surface area contributed by atoms with Crippen molar-refractivity contribution in [1.82, 2.24) is 0 Å². The molecule has 0 atom stereocenters. The summed E-state index contributed by atoms with van der Waals surface area (Å²) in [4.78, 5) is 39.1. The molecule has 0 aliphatic carbocycles. The molecular formula is C24H23NO5. The minimum Gasteiger partial charge on any atom is -0.465 e. The van der Waals surface area contributed by atoms with E-state index >= 15 is 0 Å². The molecular weight excluding hydrogens is 382 g/mol. The zero-order valence-electron chi connectivity index (χ0n) is 17.4. The molecule has 2 aromatic rings. The molecule has 0 radical (unpaired) electrons. The molecule has 30 heavy (non-hydrogen) atoms. The number of hydrogen-bond acceptors (Lipinski definition) is 5. The first-order chi connectivity index (χ1) is 14.4. The smallest absolute Gasteiger partial charge is 0.340 e. The van der Waals surface area contributed by atoms with Crippen molar-refractivity contribution in [3.05, 3.63) is 82.1 Å². The summed E-state index contributed by atoms with van der Waals surface area (Å²) in [6.07, 6.45) is 1.63. The first-order valence-corrected chi connectivity index (χ1v) is 9.57. The number of hydrogen-bond donors (Lipinski definition) is 0. The summed E-state index contributed by atoms with van der Waals surface area (Å²) in [6.45, 7) is 5.61. The molecule has 0 saturated carbocycles. The third-order valence-electron chi connectivity index (χ3n) is 4.81. The van der Waals surface area contributed by atoms with Gasteiger partial charge in [0, 0.05) is 11.4 Å². The quantitative estimate of drug-likeness (QED) is 0.554. The van der Waals surface area contributed by atoms with E-state index in [0.717, 1.165) is 5.56 Å². The summed E-state index contributed by atoms with van der Waals surface area (Å²) in [7, 11) is 1.31. The number of allylic oxidation sites excluding steroid dienone is 1. The lowest BCUT2D eigenvalue weighted by molar-refractivity contribution is -0.138. The molecule has 0 unspecified atom stereocenters. The van der Waals surface area contributed by atoms with Crippen molar-refractivity contribution in [2.75, 3.05) is 18.6 Å². The van der Waals surface area contributed by atoms with Crippen LogP contribution >= 0.6 is 0 Å². The number of carbonyl (C=O) groups is 3. The lowest BCUT2D eigenvalue weighted by Gasteiger charge is -2.18. The highest BCUT2D eigenvalue weighted by atomic mass is 16.5. The lowest BCUT2D eigenvalue weighted by Crippen LogP contribution is -2.24. The van der Waals surface area contributed by atoms with Gasteiger partial charge in [0.1, 0.15) is 0 Å². The van der Waals surface area contributed by atoms with Crippen molar-refractivity contribution >= 4 is 29.6 Å². The maximum absolute atomic E-state index is 13.3. The molecule has 1 aliphatic heterocycles. The van der Waals surface area contributed by atoms with Gasteiger partial charge in [0.15, 0.2) is 0 Å². The van der Waals surface area contributed by atoms with E-state index in [2.05, 4.69) is 0 Å². The van der Waals surface area contributed by atoms with Crippen LogP contribution in [0.1, 0.15) is 35.3 Å². The third-order valence-corrected chi connectivity index (χ3v) is 4.81. The molecule has 154 valence electrons. The van der Waals surface area contributed by atoms with Crippen LogP contribution in [0, 0.1) is 6.92 Å². The van der Waals surface area contributed by atoms with Crippen LogP contribution in [0.3, 0.4) is 0 Å². The van der Waals surface area contributed by atoms with Gasteiger partial charge in [0.25, 0.3) is 5.91 Å². The molecule has 6 heteroatoms. The predicted molar refractivity (Wildman–Crippen MR) is 114 cm³/mol. The van der Waals surface area contributed by atoms with E-state index in [9.17, 15) is 14.4 Å². The fraction of sp³-hybridized carbons (Fsp3) is 0.208. The number of nitrogens with zero attached hydrogens (tertiary/aromatic N) is 1. The Morgan fingerprint density at radius 2 is 1.60 bits per heavy atom. The molecule has 0 saturated heterocycles. The Hall–Kier alpha value is -3.67. The van der Waals surface area contributed by atoms with Crippen molar-refractivity contribution in [1.29, 1.82) is 0 Å². The van der Waals surface area contributed by atoms with Crippen LogP contribution in [0.5, 0.6) is 0 Å². The topological polar surface area (TPSA) is 72.9 Å². The van der Waals surface area contributed by atoms with Gasteiger partial charge in [-0.1, -0.05) is 29.8 Å². The second-order valence-electron chi connectivity index (χ2n) is 6.83. The number of amides is 1. The van der Waals surface area contributed by atoms with Crippen molar-refractivity contribution in [3.63, 3.8) is 0 Å². The fourth-order valence-electron chi connectivity index (χ4n) is 3.29. The monoisotopic (exact) mass is 405 g/mol. The van der Waals surface area contributed by atoms with Gasteiger partial charge < -0.3 is 9.47 Å². The second kappa shape index (κ2) is 8.78. The van der Waals surface area contributed by atoms with Gasteiger partial charge in [-0.2, -0.15) is 0 Å². The average molecular weight is 405 g/mol. The van der Waals surface area contributed by atoms with E-state index in [1.165, 1.54) is 12.0 Å². The van der Waals surface area contributed by atoms with Gasteiger partial charge in [-0.05, 0) is 56.7 Å². The highest BCUT2D eigenvalue weighted by Crippen LogP contribution is 2.35. The summed E-state index contributed by atoms with van der Waals surface area (Å²) in [5.41, 5.74) is 3.81. The van der Waals surface area contributed by atoms with E-state index in [4.69, 9.17) is 9.47 Å². The number of rotatable bonds is 5. The largest absolute Gasteiger partial charge is 0.465 e. The van der Waals surface area contributed by atoms with Crippen LogP contribution in [0.15, 0.2) is 65.4 Å². The van der Waals surface area contributed by atoms with E-state index in [-0.39, 0.29) is 23.7 Å². The fourth-order valence-corrected chi connectivity index (χ4v) is 3.29. The lowest BCUT2D eigenvalue weighted by atomic mass is 10.0. The van der Waals surface area contributed by atoms with E-state index < -0.39 is 11.9 Å². The van der Waals surface area contributed by atoms with Crippen molar-refractivity contribution in [3.8, 4) is 0 Å². The Bertz CT molecular complexity index is 1050. The number of anilines is 1. The number of ether oxygens (including phenoxy) is 2. The van der Waals surface area contributed by atoms with Gasteiger partial charge in [0.2, 0.25) is 0 Å². The Balaban J connectivity index is 2.06.